The summed E-state index contributed by atoms with van der Waals surface area (Å²) in [5.41, 5.74) is 1.25. The number of aromatic nitrogens is 4. The van der Waals surface area contributed by atoms with Crippen molar-refractivity contribution < 1.29 is 18.7 Å². The van der Waals surface area contributed by atoms with Gasteiger partial charge in [-0.05, 0) is 31.2 Å². The fourth-order valence-electron chi connectivity index (χ4n) is 2.99. The van der Waals surface area contributed by atoms with Gasteiger partial charge in [-0.15, -0.1) is 10.2 Å². The summed E-state index contributed by atoms with van der Waals surface area (Å²) in [6.45, 7) is 4.03. The molecule has 3 aromatic rings. The van der Waals surface area contributed by atoms with Crippen LogP contribution < -0.4 is 0 Å². The lowest BCUT2D eigenvalue weighted by atomic mass is 10.3. The largest absolute Gasteiger partial charge is 0.463 e. The van der Waals surface area contributed by atoms with Gasteiger partial charge in [-0.2, -0.15) is 9.61 Å². The quantitative estimate of drug-likeness (QED) is 0.580. The Labute approximate surface area is 170 Å². The van der Waals surface area contributed by atoms with Gasteiger partial charge in [0.05, 0.1) is 18.6 Å². The number of thioether (sulfide) groups is 1. The Morgan fingerprint density at radius 3 is 2.66 bits per heavy atom. The van der Waals surface area contributed by atoms with Gasteiger partial charge >= 0.3 is 6.09 Å². The summed E-state index contributed by atoms with van der Waals surface area (Å²) in [7, 11) is 0. The molecule has 2 amide bonds. The van der Waals surface area contributed by atoms with Crippen LogP contribution in [0.15, 0.2) is 40.1 Å². The zero-order valence-corrected chi connectivity index (χ0v) is 16.7. The van der Waals surface area contributed by atoms with Crippen molar-refractivity contribution in [3.05, 3.63) is 30.5 Å². The van der Waals surface area contributed by atoms with E-state index in [0.717, 1.165) is 0 Å². The van der Waals surface area contributed by atoms with Crippen molar-refractivity contribution in [2.75, 3.05) is 38.5 Å². The third kappa shape index (κ3) is 4.19. The summed E-state index contributed by atoms with van der Waals surface area (Å²) < 4.78 is 12.0. The van der Waals surface area contributed by atoms with Crippen molar-refractivity contribution >= 4 is 29.4 Å². The van der Waals surface area contributed by atoms with E-state index in [9.17, 15) is 9.59 Å². The Morgan fingerprint density at radius 2 is 1.93 bits per heavy atom. The maximum absolute atomic E-state index is 12.6. The van der Waals surface area contributed by atoms with Gasteiger partial charge in [0.25, 0.3) is 0 Å². The summed E-state index contributed by atoms with van der Waals surface area (Å²) in [4.78, 5) is 27.7. The van der Waals surface area contributed by atoms with Crippen LogP contribution >= 0.6 is 11.8 Å². The molecule has 0 spiro atoms. The van der Waals surface area contributed by atoms with Gasteiger partial charge in [-0.25, -0.2) is 4.79 Å². The first-order valence-electron chi connectivity index (χ1n) is 9.24. The van der Waals surface area contributed by atoms with Crippen LogP contribution in [0.5, 0.6) is 0 Å². The number of furan rings is 1. The van der Waals surface area contributed by atoms with Gasteiger partial charge < -0.3 is 19.0 Å². The fourth-order valence-corrected chi connectivity index (χ4v) is 3.78. The fraction of sp³-hybridized carbons (Fsp3) is 0.389. The molecule has 1 aliphatic heterocycles. The Balaban J connectivity index is 1.37. The van der Waals surface area contributed by atoms with Crippen LogP contribution in [0.25, 0.3) is 17.1 Å². The number of hydrogen-bond acceptors (Lipinski definition) is 8. The number of carbonyl (C=O) groups excluding carboxylic acids is 2. The lowest BCUT2D eigenvalue weighted by Crippen LogP contribution is -2.51. The second-order valence-electron chi connectivity index (χ2n) is 6.30. The van der Waals surface area contributed by atoms with Crippen LogP contribution in [-0.4, -0.2) is 80.2 Å². The van der Waals surface area contributed by atoms with Crippen LogP contribution in [-0.2, 0) is 9.53 Å². The molecular weight excluding hydrogens is 396 g/mol. The van der Waals surface area contributed by atoms with Crippen molar-refractivity contribution in [2.24, 2.45) is 0 Å². The lowest BCUT2D eigenvalue weighted by molar-refractivity contribution is -0.129. The molecule has 1 fully saturated rings. The third-order valence-corrected chi connectivity index (χ3v) is 5.40. The van der Waals surface area contributed by atoms with E-state index in [1.165, 1.54) is 11.8 Å². The number of ether oxygens (including phenoxy) is 1. The van der Waals surface area contributed by atoms with E-state index < -0.39 is 0 Å². The normalized spacial score (nSPS) is 14.4. The maximum Gasteiger partial charge on any atom is 0.409 e. The number of rotatable bonds is 5. The highest BCUT2D eigenvalue weighted by Crippen LogP contribution is 2.21. The van der Waals surface area contributed by atoms with E-state index >= 15 is 0 Å². The molecule has 0 aromatic carbocycles. The smallest absolute Gasteiger partial charge is 0.409 e. The summed E-state index contributed by atoms with van der Waals surface area (Å²) in [6, 6.07) is 7.23. The van der Waals surface area contributed by atoms with E-state index in [1.54, 1.807) is 39.6 Å². The highest BCUT2D eigenvalue weighted by Gasteiger charge is 2.25. The summed E-state index contributed by atoms with van der Waals surface area (Å²) in [5, 5.41) is 13.3. The molecule has 29 heavy (non-hydrogen) atoms. The molecular formula is C18H20N6O4S. The minimum atomic E-state index is -0.331. The molecule has 0 aliphatic carbocycles. The topological polar surface area (TPSA) is 106 Å². The summed E-state index contributed by atoms with van der Waals surface area (Å²) >= 11 is 1.28. The van der Waals surface area contributed by atoms with Crippen LogP contribution in [0.2, 0.25) is 0 Å². The standard InChI is InChI=1S/C18H20N6O4S/c1-2-27-18(26)23-9-7-22(8-10-23)16(25)12-29-17-20-19-15-6-5-13(21-24(15)17)14-4-3-11-28-14/h3-6,11H,2,7-10,12H2,1H3. The Morgan fingerprint density at radius 1 is 1.14 bits per heavy atom. The second kappa shape index (κ2) is 8.52. The average molecular weight is 416 g/mol. The SMILES string of the molecule is CCOC(=O)N1CCN(C(=O)CSc2nnc3ccc(-c4ccco4)nn23)CC1. The van der Waals surface area contributed by atoms with Crippen molar-refractivity contribution in [1.82, 2.24) is 29.6 Å². The lowest BCUT2D eigenvalue weighted by Gasteiger charge is -2.33. The van der Waals surface area contributed by atoms with E-state index in [1.807, 2.05) is 12.1 Å². The van der Waals surface area contributed by atoms with Crippen molar-refractivity contribution in [3.63, 3.8) is 0 Å². The van der Waals surface area contributed by atoms with E-state index in [-0.39, 0.29) is 17.8 Å². The Bertz CT molecular complexity index is 997. The van der Waals surface area contributed by atoms with Crippen molar-refractivity contribution in [1.29, 1.82) is 0 Å². The summed E-state index contributed by atoms with van der Waals surface area (Å²) in [5.74, 6) is 0.844. The predicted octanol–water partition coefficient (Wildman–Crippen LogP) is 1.78. The Hall–Kier alpha value is -3.08. The minimum absolute atomic E-state index is 0.0163. The zero-order valence-electron chi connectivity index (χ0n) is 15.9. The molecule has 4 rings (SSSR count). The highest BCUT2D eigenvalue weighted by atomic mass is 32.2. The minimum Gasteiger partial charge on any atom is -0.463 e. The second-order valence-corrected chi connectivity index (χ2v) is 7.25. The molecule has 1 saturated heterocycles. The monoisotopic (exact) mass is 416 g/mol. The first kappa shape index (κ1) is 19.2. The van der Waals surface area contributed by atoms with E-state index in [4.69, 9.17) is 9.15 Å². The van der Waals surface area contributed by atoms with Crippen molar-refractivity contribution in [3.8, 4) is 11.5 Å². The zero-order chi connectivity index (χ0) is 20.2. The number of fused-ring (bicyclic) bond motifs is 1. The molecule has 10 nitrogen and oxygen atoms in total. The number of piperazine rings is 1. The molecule has 0 radical (unpaired) electrons. The molecule has 0 saturated carbocycles. The van der Waals surface area contributed by atoms with Crippen LogP contribution in [0.3, 0.4) is 0 Å². The molecule has 3 aromatic heterocycles. The molecule has 0 atom stereocenters. The molecule has 0 bridgehead atoms. The number of amides is 2. The molecule has 1 aliphatic rings. The molecule has 152 valence electrons. The van der Waals surface area contributed by atoms with E-state index in [0.29, 0.717) is 55.0 Å². The molecule has 4 heterocycles. The van der Waals surface area contributed by atoms with Gasteiger partial charge in [0.2, 0.25) is 11.1 Å². The predicted molar refractivity (Wildman–Crippen MR) is 104 cm³/mol. The number of nitrogens with zero attached hydrogens (tertiary/aromatic N) is 6. The third-order valence-electron chi connectivity index (χ3n) is 4.49. The average Bonchev–Trinajstić information content (AvgIpc) is 3.42. The van der Waals surface area contributed by atoms with Gasteiger partial charge in [-0.1, -0.05) is 11.8 Å². The highest BCUT2D eigenvalue weighted by molar-refractivity contribution is 7.99. The van der Waals surface area contributed by atoms with Gasteiger partial charge in [0.15, 0.2) is 11.4 Å². The summed E-state index contributed by atoms with van der Waals surface area (Å²) in [6.07, 6.45) is 1.26. The van der Waals surface area contributed by atoms with Gasteiger partial charge in [0.1, 0.15) is 5.69 Å². The van der Waals surface area contributed by atoms with E-state index in [2.05, 4.69) is 15.3 Å². The van der Waals surface area contributed by atoms with Crippen LogP contribution in [0, 0.1) is 0 Å². The molecule has 11 heteroatoms. The van der Waals surface area contributed by atoms with Gasteiger partial charge in [0, 0.05) is 26.2 Å². The first-order valence-corrected chi connectivity index (χ1v) is 10.2. The molecule has 0 N–H and O–H groups in total. The number of hydrogen-bond donors (Lipinski definition) is 0. The maximum atomic E-state index is 12.6. The first-order chi connectivity index (χ1) is 14.2. The molecule has 0 unspecified atom stereocenters. The number of carbonyl (C=O) groups is 2. The Kier molecular flexibility index (Phi) is 5.65. The van der Waals surface area contributed by atoms with Gasteiger partial charge in [-0.3, -0.25) is 4.79 Å². The van der Waals surface area contributed by atoms with Crippen LogP contribution in [0.1, 0.15) is 6.92 Å². The van der Waals surface area contributed by atoms with Crippen molar-refractivity contribution in [2.45, 2.75) is 12.1 Å². The van der Waals surface area contributed by atoms with Crippen LogP contribution in [0.4, 0.5) is 4.79 Å².